The molecule has 0 atom stereocenters. The fourth-order valence-corrected chi connectivity index (χ4v) is 4.47. The van der Waals surface area contributed by atoms with Crippen molar-refractivity contribution in [3.63, 3.8) is 0 Å². The van der Waals surface area contributed by atoms with Gasteiger partial charge in [0.25, 0.3) is 0 Å². The van der Waals surface area contributed by atoms with E-state index in [0.29, 0.717) is 18.0 Å². The highest BCUT2D eigenvalue weighted by molar-refractivity contribution is 7.89. The number of piperazine rings is 1. The van der Waals surface area contributed by atoms with Gasteiger partial charge >= 0.3 is 0 Å². The van der Waals surface area contributed by atoms with Crippen molar-refractivity contribution < 1.29 is 25.7 Å². The number of quaternary nitrogens is 1. The van der Waals surface area contributed by atoms with Crippen LogP contribution in [0.2, 0.25) is 0 Å². The monoisotopic (exact) mass is 392 g/mol. The van der Waals surface area contributed by atoms with Gasteiger partial charge in [-0.1, -0.05) is 54.1 Å². The summed E-state index contributed by atoms with van der Waals surface area (Å²) in [6, 6.07) is 17.3. The van der Waals surface area contributed by atoms with Gasteiger partial charge in [-0.05, 0) is 30.7 Å². The Hall–Kier alpha value is -1.66. The number of benzene rings is 2. The van der Waals surface area contributed by atoms with Crippen molar-refractivity contribution in [2.45, 2.75) is 11.8 Å². The lowest BCUT2D eigenvalue weighted by molar-refractivity contribution is -0.897. The molecule has 6 heteroatoms. The first kappa shape index (κ1) is 20.6. The number of rotatable bonds is 5. The summed E-state index contributed by atoms with van der Waals surface area (Å²) in [6.07, 6.45) is 4.30. The minimum absolute atomic E-state index is 0. The summed E-state index contributed by atoms with van der Waals surface area (Å²) in [6.45, 7) is 5.71. The Morgan fingerprint density at radius 3 is 2.23 bits per heavy atom. The molecule has 1 aliphatic heterocycles. The van der Waals surface area contributed by atoms with Gasteiger partial charge in [0.05, 0.1) is 37.6 Å². The number of halogens is 1. The second-order valence-corrected chi connectivity index (χ2v) is 8.42. The van der Waals surface area contributed by atoms with Gasteiger partial charge < -0.3 is 17.3 Å². The average molecular weight is 393 g/mol. The van der Waals surface area contributed by atoms with Crippen LogP contribution >= 0.6 is 0 Å². The Kier molecular flexibility index (Phi) is 7.41. The minimum atomic E-state index is -3.36. The zero-order chi connectivity index (χ0) is 17.7. The van der Waals surface area contributed by atoms with Crippen LogP contribution in [-0.2, 0) is 10.0 Å². The molecule has 0 bridgehead atoms. The molecule has 1 heterocycles. The molecule has 0 unspecified atom stereocenters. The third kappa shape index (κ3) is 5.17. The lowest BCUT2D eigenvalue weighted by Gasteiger charge is -2.31. The highest BCUT2D eigenvalue weighted by Crippen LogP contribution is 2.16. The maximum atomic E-state index is 12.7. The Balaban J connectivity index is 0.00000243. The maximum absolute atomic E-state index is 12.7. The van der Waals surface area contributed by atoms with Crippen LogP contribution in [0.4, 0.5) is 0 Å². The summed E-state index contributed by atoms with van der Waals surface area (Å²) < 4.78 is 27.0. The van der Waals surface area contributed by atoms with E-state index in [9.17, 15) is 8.42 Å². The van der Waals surface area contributed by atoms with E-state index in [1.54, 1.807) is 16.4 Å². The topological polar surface area (TPSA) is 41.8 Å². The van der Waals surface area contributed by atoms with Crippen LogP contribution in [0.3, 0.4) is 0 Å². The molecule has 0 aromatic heterocycles. The van der Waals surface area contributed by atoms with Gasteiger partial charge in [0.2, 0.25) is 10.0 Å². The van der Waals surface area contributed by atoms with Gasteiger partial charge in [-0.25, -0.2) is 8.42 Å². The van der Waals surface area contributed by atoms with Gasteiger partial charge in [-0.15, -0.1) is 0 Å². The van der Waals surface area contributed by atoms with Crippen molar-refractivity contribution >= 4 is 16.1 Å². The second-order valence-electron chi connectivity index (χ2n) is 6.48. The lowest BCUT2D eigenvalue weighted by Crippen LogP contribution is -3.14. The van der Waals surface area contributed by atoms with Crippen molar-refractivity contribution in [1.29, 1.82) is 0 Å². The summed E-state index contributed by atoms with van der Waals surface area (Å²) in [5.41, 5.74) is 2.26. The molecule has 2 aromatic carbocycles. The molecule has 0 amide bonds. The van der Waals surface area contributed by atoms with E-state index in [1.165, 1.54) is 10.5 Å². The number of hydrogen-bond acceptors (Lipinski definition) is 2. The maximum Gasteiger partial charge on any atom is 0.243 e. The second kappa shape index (κ2) is 9.33. The number of nitrogens with one attached hydrogen (secondary N) is 1. The zero-order valence-electron chi connectivity index (χ0n) is 14.9. The van der Waals surface area contributed by atoms with Crippen LogP contribution in [0.25, 0.3) is 6.08 Å². The molecule has 3 rings (SSSR count). The first-order chi connectivity index (χ1) is 12.1. The molecular formula is C20H25ClN2O2S. The normalized spacial score (nSPS) is 16.5. The van der Waals surface area contributed by atoms with E-state index < -0.39 is 10.0 Å². The van der Waals surface area contributed by atoms with Crippen LogP contribution < -0.4 is 17.3 Å². The van der Waals surface area contributed by atoms with Crippen LogP contribution in [0, 0.1) is 6.92 Å². The summed E-state index contributed by atoms with van der Waals surface area (Å²) in [4.78, 5) is 1.81. The molecular weight excluding hydrogens is 368 g/mol. The van der Waals surface area contributed by atoms with Crippen molar-refractivity contribution in [2.24, 2.45) is 0 Å². The van der Waals surface area contributed by atoms with E-state index in [1.807, 2.05) is 37.3 Å². The Labute approximate surface area is 162 Å². The smallest absolute Gasteiger partial charge is 0.243 e. The first-order valence-electron chi connectivity index (χ1n) is 8.68. The molecule has 0 spiro atoms. The molecule has 1 fully saturated rings. The minimum Gasteiger partial charge on any atom is -1.00 e. The Bertz CT molecular complexity index is 813. The van der Waals surface area contributed by atoms with Crippen molar-refractivity contribution in [1.82, 2.24) is 4.31 Å². The van der Waals surface area contributed by atoms with Crippen molar-refractivity contribution in [3.05, 3.63) is 71.8 Å². The van der Waals surface area contributed by atoms with Crippen LogP contribution in [0.1, 0.15) is 11.1 Å². The highest BCUT2D eigenvalue weighted by atomic mass is 35.5. The summed E-state index contributed by atoms with van der Waals surface area (Å²) in [5.74, 6) is 0. The van der Waals surface area contributed by atoms with E-state index >= 15 is 0 Å². The molecule has 0 aliphatic carbocycles. The van der Waals surface area contributed by atoms with Gasteiger partial charge in [-0.3, -0.25) is 0 Å². The number of sulfonamides is 1. The van der Waals surface area contributed by atoms with Crippen molar-refractivity contribution in [3.8, 4) is 0 Å². The fourth-order valence-electron chi connectivity index (χ4n) is 3.03. The summed E-state index contributed by atoms with van der Waals surface area (Å²) >= 11 is 0. The van der Waals surface area contributed by atoms with E-state index in [4.69, 9.17) is 0 Å². The van der Waals surface area contributed by atoms with Gasteiger partial charge in [-0.2, -0.15) is 4.31 Å². The Morgan fingerprint density at radius 2 is 1.62 bits per heavy atom. The molecule has 26 heavy (non-hydrogen) atoms. The number of aryl methyl sites for hydroxylation is 1. The predicted molar refractivity (Wildman–Crippen MR) is 101 cm³/mol. The van der Waals surface area contributed by atoms with Crippen LogP contribution in [0.15, 0.2) is 65.6 Å². The van der Waals surface area contributed by atoms with Gasteiger partial charge in [0.15, 0.2) is 0 Å². The summed E-state index contributed by atoms with van der Waals surface area (Å²) in [7, 11) is -3.36. The molecule has 1 aliphatic rings. The SMILES string of the molecule is Cc1ccc(S(=O)(=O)N2CC[NH+](C/C=C/c3ccccc3)CC2)cc1.[Cl-]. The van der Waals surface area contributed by atoms with E-state index in [-0.39, 0.29) is 12.4 Å². The third-order valence-electron chi connectivity index (χ3n) is 4.60. The van der Waals surface area contributed by atoms with Gasteiger partial charge in [0, 0.05) is 0 Å². The molecule has 1 saturated heterocycles. The molecule has 4 nitrogen and oxygen atoms in total. The fraction of sp³-hybridized carbons (Fsp3) is 0.300. The molecule has 2 aromatic rings. The molecule has 140 valence electrons. The third-order valence-corrected chi connectivity index (χ3v) is 6.52. The van der Waals surface area contributed by atoms with Crippen molar-refractivity contribution in [2.75, 3.05) is 32.7 Å². The standard InChI is InChI=1S/C20H24N2O2S.ClH/c1-18-9-11-20(12-10-18)25(23,24)22-16-14-21(15-17-22)13-5-8-19-6-3-2-4-7-19;/h2-12H,13-17H2,1H3;1H/b8-5+;. The zero-order valence-corrected chi connectivity index (χ0v) is 16.5. The van der Waals surface area contributed by atoms with E-state index in [0.717, 1.165) is 25.2 Å². The lowest BCUT2D eigenvalue weighted by atomic mass is 10.2. The predicted octanol–water partition coefficient (Wildman–Crippen LogP) is -1.40. The highest BCUT2D eigenvalue weighted by Gasteiger charge is 2.29. The van der Waals surface area contributed by atoms with Crippen LogP contribution in [-0.4, -0.2) is 45.4 Å². The first-order valence-corrected chi connectivity index (χ1v) is 10.1. The van der Waals surface area contributed by atoms with Crippen LogP contribution in [0.5, 0.6) is 0 Å². The van der Waals surface area contributed by atoms with Gasteiger partial charge in [0.1, 0.15) is 0 Å². The van der Waals surface area contributed by atoms with E-state index in [2.05, 4.69) is 24.3 Å². The Morgan fingerprint density at radius 1 is 1.00 bits per heavy atom. The summed E-state index contributed by atoms with van der Waals surface area (Å²) in [5, 5.41) is 0. The molecule has 0 radical (unpaired) electrons. The quantitative estimate of drug-likeness (QED) is 0.680. The molecule has 0 saturated carbocycles. The number of hydrogen-bond donors (Lipinski definition) is 1. The largest absolute Gasteiger partial charge is 1.00 e. The average Bonchev–Trinajstić information content (AvgIpc) is 2.63. The molecule has 1 N–H and O–H groups in total. The number of nitrogens with zero attached hydrogens (tertiary/aromatic N) is 1.